The molecule has 1 aliphatic heterocycles. The first-order valence-corrected chi connectivity index (χ1v) is 11.6. The Morgan fingerprint density at radius 2 is 1.59 bits per heavy atom. The van der Waals surface area contributed by atoms with E-state index in [9.17, 15) is 4.79 Å². The zero-order valence-electron chi connectivity index (χ0n) is 18.9. The maximum Gasteiger partial charge on any atom is 0.220 e. The van der Waals surface area contributed by atoms with Gasteiger partial charge in [0.25, 0.3) is 0 Å². The lowest BCUT2D eigenvalue weighted by Gasteiger charge is -2.34. The molecule has 1 aliphatic rings. The van der Waals surface area contributed by atoms with Crippen molar-refractivity contribution in [3.8, 4) is 5.69 Å². The summed E-state index contributed by atoms with van der Waals surface area (Å²) in [7, 11) is 0. The molecule has 32 heavy (non-hydrogen) atoms. The number of aryl methyl sites for hydroxylation is 1. The van der Waals surface area contributed by atoms with Crippen molar-refractivity contribution in [3.05, 3.63) is 83.7 Å². The third-order valence-corrected chi connectivity index (χ3v) is 6.13. The second kappa shape index (κ2) is 11.1. The van der Waals surface area contributed by atoms with E-state index in [-0.39, 0.29) is 5.91 Å². The molecular weight excluding hydrogens is 398 g/mol. The lowest BCUT2D eigenvalue weighted by Crippen LogP contribution is -2.45. The average Bonchev–Trinajstić information content (AvgIpc) is 3.32. The summed E-state index contributed by atoms with van der Waals surface area (Å²) in [5.41, 5.74) is 4.55. The van der Waals surface area contributed by atoms with Gasteiger partial charge in [-0.05, 0) is 41.8 Å². The van der Waals surface area contributed by atoms with Gasteiger partial charge in [-0.3, -0.25) is 9.69 Å². The van der Waals surface area contributed by atoms with Gasteiger partial charge in [0.15, 0.2) is 0 Å². The average molecular weight is 432 g/mol. The van der Waals surface area contributed by atoms with Crippen molar-refractivity contribution in [2.75, 3.05) is 32.7 Å². The number of benzene rings is 2. The maximum atomic E-state index is 12.3. The predicted molar refractivity (Wildman–Crippen MR) is 128 cm³/mol. The Kier molecular flexibility index (Phi) is 7.69. The number of rotatable bonds is 9. The van der Waals surface area contributed by atoms with Crippen molar-refractivity contribution in [2.45, 2.75) is 32.9 Å². The number of hydrogen-bond acceptors (Lipinski definition) is 4. The molecule has 2 aromatic carbocycles. The largest absolute Gasteiger partial charge is 0.352 e. The molecule has 1 fully saturated rings. The topological polar surface area (TPSA) is 53.4 Å². The Bertz CT molecular complexity index is 975. The van der Waals surface area contributed by atoms with Gasteiger partial charge in [-0.15, -0.1) is 0 Å². The summed E-state index contributed by atoms with van der Waals surface area (Å²) in [6.07, 6.45) is 4.97. The molecule has 2 heterocycles. The molecule has 0 saturated carbocycles. The van der Waals surface area contributed by atoms with Crippen LogP contribution in [0.25, 0.3) is 5.69 Å². The van der Waals surface area contributed by atoms with Crippen molar-refractivity contribution < 1.29 is 4.79 Å². The Morgan fingerprint density at radius 3 is 2.31 bits per heavy atom. The van der Waals surface area contributed by atoms with E-state index >= 15 is 0 Å². The molecule has 168 valence electrons. The summed E-state index contributed by atoms with van der Waals surface area (Å²) in [4.78, 5) is 17.3. The lowest BCUT2D eigenvalue weighted by molar-refractivity contribution is -0.121. The quantitative estimate of drug-likeness (QED) is 0.565. The predicted octanol–water partition coefficient (Wildman–Crippen LogP) is 3.26. The van der Waals surface area contributed by atoms with Gasteiger partial charge < -0.3 is 10.2 Å². The number of para-hydroxylation sites is 1. The van der Waals surface area contributed by atoms with Crippen LogP contribution in [0.5, 0.6) is 0 Å². The number of carbonyl (C=O) groups excluding carboxylic acids is 1. The molecule has 6 heteroatoms. The monoisotopic (exact) mass is 431 g/mol. The molecule has 0 radical (unpaired) electrons. The van der Waals surface area contributed by atoms with Crippen LogP contribution in [-0.2, 0) is 24.3 Å². The van der Waals surface area contributed by atoms with E-state index in [0.29, 0.717) is 19.4 Å². The van der Waals surface area contributed by atoms with E-state index in [4.69, 9.17) is 0 Å². The van der Waals surface area contributed by atoms with Gasteiger partial charge in [0.05, 0.1) is 11.9 Å². The number of piperazine rings is 1. The van der Waals surface area contributed by atoms with Crippen LogP contribution < -0.4 is 5.32 Å². The summed E-state index contributed by atoms with van der Waals surface area (Å²) in [5, 5.41) is 7.43. The highest BCUT2D eigenvalue weighted by Crippen LogP contribution is 2.11. The molecule has 1 amide bonds. The summed E-state index contributed by atoms with van der Waals surface area (Å²) in [5.74, 6) is 0.0651. The van der Waals surface area contributed by atoms with E-state index in [1.807, 2.05) is 47.4 Å². The van der Waals surface area contributed by atoms with Crippen LogP contribution in [-0.4, -0.2) is 58.2 Å². The number of aromatic nitrogens is 2. The first kappa shape index (κ1) is 22.2. The number of nitrogens with zero attached hydrogens (tertiary/aromatic N) is 4. The van der Waals surface area contributed by atoms with Gasteiger partial charge in [0.1, 0.15) is 0 Å². The third kappa shape index (κ3) is 6.28. The number of carbonyl (C=O) groups is 1. The lowest BCUT2D eigenvalue weighted by atomic mass is 10.1. The van der Waals surface area contributed by atoms with Crippen molar-refractivity contribution in [3.63, 3.8) is 0 Å². The molecule has 1 N–H and O–H groups in total. The van der Waals surface area contributed by atoms with Gasteiger partial charge in [0, 0.05) is 51.9 Å². The zero-order valence-corrected chi connectivity index (χ0v) is 18.9. The second-order valence-electron chi connectivity index (χ2n) is 8.43. The normalized spacial score (nSPS) is 15.0. The molecule has 1 saturated heterocycles. The minimum Gasteiger partial charge on any atom is -0.352 e. The molecule has 0 aliphatic carbocycles. The number of amides is 1. The van der Waals surface area contributed by atoms with Crippen LogP contribution in [0.2, 0.25) is 0 Å². The fourth-order valence-corrected chi connectivity index (χ4v) is 4.04. The number of hydrogen-bond donors (Lipinski definition) is 1. The summed E-state index contributed by atoms with van der Waals surface area (Å²) < 4.78 is 1.85. The molecule has 4 rings (SSSR count). The van der Waals surface area contributed by atoms with E-state index in [2.05, 4.69) is 51.4 Å². The summed E-state index contributed by atoms with van der Waals surface area (Å²) >= 11 is 0. The molecule has 6 nitrogen and oxygen atoms in total. The van der Waals surface area contributed by atoms with Crippen LogP contribution >= 0.6 is 0 Å². The highest BCUT2D eigenvalue weighted by Gasteiger charge is 2.15. The molecule has 0 bridgehead atoms. The van der Waals surface area contributed by atoms with E-state index < -0.39 is 0 Å². The molecule has 0 spiro atoms. The summed E-state index contributed by atoms with van der Waals surface area (Å²) in [6, 6.07) is 18.6. The van der Waals surface area contributed by atoms with Gasteiger partial charge in [-0.1, -0.05) is 49.4 Å². The van der Waals surface area contributed by atoms with Crippen molar-refractivity contribution in [2.24, 2.45) is 0 Å². The first-order valence-electron chi connectivity index (χ1n) is 11.6. The van der Waals surface area contributed by atoms with E-state index in [0.717, 1.165) is 56.1 Å². The smallest absolute Gasteiger partial charge is 0.220 e. The van der Waals surface area contributed by atoms with Crippen molar-refractivity contribution in [1.82, 2.24) is 24.9 Å². The SMILES string of the molecule is CCN1CCN(Cc2ccc(CNC(=O)CCc3cnn(-c4ccccc4)c3)cc2)CC1. The molecular formula is C26H33N5O. The fourth-order valence-electron chi connectivity index (χ4n) is 4.04. The van der Waals surface area contributed by atoms with Crippen LogP contribution in [0.4, 0.5) is 0 Å². The van der Waals surface area contributed by atoms with Gasteiger partial charge in [-0.25, -0.2) is 4.68 Å². The van der Waals surface area contributed by atoms with Crippen molar-refractivity contribution >= 4 is 5.91 Å². The zero-order chi connectivity index (χ0) is 22.2. The van der Waals surface area contributed by atoms with Crippen LogP contribution in [0.15, 0.2) is 67.0 Å². The Hall–Kier alpha value is -2.96. The number of nitrogens with one attached hydrogen (secondary N) is 1. The molecule has 1 aromatic heterocycles. The summed E-state index contributed by atoms with van der Waals surface area (Å²) in [6.45, 7) is 9.53. The Balaban J connectivity index is 1.18. The minimum absolute atomic E-state index is 0.0651. The third-order valence-electron chi connectivity index (χ3n) is 6.13. The maximum absolute atomic E-state index is 12.3. The van der Waals surface area contributed by atoms with Crippen LogP contribution in [0.1, 0.15) is 30.0 Å². The first-order chi connectivity index (χ1) is 15.7. The highest BCUT2D eigenvalue weighted by atomic mass is 16.1. The van der Waals surface area contributed by atoms with E-state index in [1.54, 1.807) is 0 Å². The molecule has 3 aromatic rings. The highest BCUT2D eigenvalue weighted by molar-refractivity contribution is 5.76. The fraction of sp³-hybridized carbons (Fsp3) is 0.385. The molecule has 0 atom stereocenters. The van der Waals surface area contributed by atoms with Gasteiger partial charge in [-0.2, -0.15) is 5.10 Å². The van der Waals surface area contributed by atoms with Crippen molar-refractivity contribution in [1.29, 1.82) is 0 Å². The van der Waals surface area contributed by atoms with E-state index in [1.165, 1.54) is 5.56 Å². The van der Waals surface area contributed by atoms with Gasteiger partial charge in [0.2, 0.25) is 5.91 Å². The standard InChI is InChI=1S/C26H33N5O/c1-2-29-14-16-30(17-15-29)20-23-10-8-22(9-11-23)18-27-26(32)13-12-24-19-28-31(21-24)25-6-4-3-5-7-25/h3-11,19,21H,2,12-18,20H2,1H3,(H,27,32). The minimum atomic E-state index is 0.0651. The van der Waals surface area contributed by atoms with Crippen LogP contribution in [0, 0.1) is 0 Å². The van der Waals surface area contributed by atoms with Gasteiger partial charge >= 0.3 is 0 Å². The Labute approximate surface area is 190 Å². The molecule has 0 unspecified atom stereocenters. The van der Waals surface area contributed by atoms with Crippen LogP contribution in [0.3, 0.4) is 0 Å². The second-order valence-corrected chi connectivity index (χ2v) is 8.43. The number of likely N-dealkylation sites (N-methyl/N-ethyl adjacent to an activating group) is 1. The Morgan fingerprint density at radius 1 is 0.906 bits per heavy atom.